The number of aliphatic carboxylic acids is 1. The minimum atomic E-state index is -0.993. The van der Waals surface area contributed by atoms with Gasteiger partial charge in [-0.05, 0) is 29.1 Å². The summed E-state index contributed by atoms with van der Waals surface area (Å²) >= 11 is 5.86. The number of carboxylic acids is 1. The molecule has 0 radical (unpaired) electrons. The average molecular weight is 327 g/mol. The Balaban J connectivity index is 1.87. The van der Waals surface area contributed by atoms with Gasteiger partial charge < -0.3 is 9.84 Å². The monoisotopic (exact) mass is 326 g/mol. The third-order valence-electron chi connectivity index (χ3n) is 3.63. The molecule has 116 valence electrons. The van der Waals surface area contributed by atoms with Crippen LogP contribution in [0.1, 0.15) is 5.56 Å². The molecule has 0 saturated heterocycles. The second kappa shape index (κ2) is 6.71. The van der Waals surface area contributed by atoms with Gasteiger partial charge in [0.1, 0.15) is 5.75 Å². The van der Waals surface area contributed by atoms with Crippen LogP contribution in [0.15, 0.2) is 66.7 Å². The van der Waals surface area contributed by atoms with Gasteiger partial charge in [-0.2, -0.15) is 0 Å². The highest BCUT2D eigenvalue weighted by molar-refractivity contribution is 6.30. The van der Waals surface area contributed by atoms with Gasteiger partial charge in [0.2, 0.25) is 0 Å². The van der Waals surface area contributed by atoms with Gasteiger partial charge in [0.15, 0.2) is 6.10 Å². The lowest BCUT2D eigenvalue weighted by Gasteiger charge is -2.17. The van der Waals surface area contributed by atoms with E-state index in [1.54, 1.807) is 18.2 Å². The molecule has 0 aliphatic carbocycles. The van der Waals surface area contributed by atoms with E-state index in [4.69, 9.17) is 16.3 Å². The van der Waals surface area contributed by atoms with Gasteiger partial charge in [0.25, 0.3) is 0 Å². The van der Waals surface area contributed by atoms with E-state index in [0.717, 1.165) is 16.3 Å². The van der Waals surface area contributed by atoms with E-state index in [1.807, 2.05) is 48.5 Å². The number of rotatable bonds is 5. The molecule has 3 aromatic carbocycles. The number of ether oxygens (including phenoxy) is 1. The summed E-state index contributed by atoms with van der Waals surface area (Å²) in [5.41, 5.74) is 0.863. The van der Waals surface area contributed by atoms with Crippen LogP contribution in [0.3, 0.4) is 0 Å². The summed E-state index contributed by atoms with van der Waals surface area (Å²) < 4.78 is 5.79. The molecule has 3 aromatic rings. The molecule has 23 heavy (non-hydrogen) atoms. The van der Waals surface area contributed by atoms with Crippen molar-refractivity contribution in [3.05, 3.63) is 77.3 Å². The highest BCUT2D eigenvalue weighted by atomic mass is 35.5. The van der Waals surface area contributed by atoms with Crippen molar-refractivity contribution in [2.75, 3.05) is 0 Å². The molecule has 0 bridgehead atoms. The maximum Gasteiger partial charge on any atom is 0.345 e. The lowest BCUT2D eigenvalue weighted by atomic mass is 10.1. The van der Waals surface area contributed by atoms with E-state index >= 15 is 0 Å². The van der Waals surface area contributed by atoms with E-state index in [2.05, 4.69) is 0 Å². The van der Waals surface area contributed by atoms with E-state index in [1.165, 1.54) is 0 Å². The zero-order chi connectivity index (χ0) is 16.2. The highest BCUT2D eigenvalue weighted by Gasteiger charge is 2.21. The van der Waals surface area contributed by atoms with Gasteiger partial charge in [-0.15, -0.1) is 0 Å². The van der Waals surface area contributed by atoms with Crippen LogP contribution in [0.2, 0.25) is 5.02 Å². The fourth-order valence-electron chi connectivity index (χ4n) is 2.47. The molecular formula is C19H15ClO3. The van der Waals surface area contributed by atoms with Crippen molar-refractivity contribution >= 4 is 28.3 Å². The summed E-state index contributed by atoms with van der Waals surface area (Å²) in [5.74, 6) is -0.419. The molecule has 0 heterocycles. The fraction of sp³-hybridized carbons (Fsp3) is 0.105. The topological polar surface area (TPSA) is 46.5 Å². The molecule has 3 nitrogen and oxygen atoms in total. The molecule has 3 rings (SSSR count). The van der Waals surface area contributed by atoms with Crippen molar-refractivity contribution in [1.29, 1.82) is 0 Å². The van der Waals surface area contributed by atoms with Crippen LogP contribution in [0.4, 0.5) is 0 Å². The van der Waals surface area contributed by atoms with Gasteiger partial charge in [-0.25, -0.2) is 4.79 Å². The highest BCUT2D eigenvalue weighted by Crippen LogP contribution is 2.26. The standard InChI is InChI=1S/C19H15ClO3/c20-15-10-8-13(9-11-15)12-18(19(21)22)23-17-7-3-5-14-4-1-2-6-16(14)17/h1-11,18H,12H2,(H,21,22)/t18-/m0/s1. The Morgan fingerprint density at radius 2 is 1.70 bits per heavy atom. The molecule has 1 atom stereocenters. The van der Waals surface area contributed by atoms with Crippen LogP contribution in [0.5, 0.6) is 5.75 Å². The van der Waals surface area contributed by atoms with Gasteiger partial charge >= 0.3 is 5.97 Å². The molecule has 0 unspecified atom stereocenters. The molecule has 0 saturated carbocycles. The first-order valence-corrected chi connectivity index (χ1v) is 7.63. The van der Waals surface area contributed by atoms with E-state index in [9.17, 15) is 9.90 Å². The number of benzene rings is 3. The Kier molecular flexibility index (Phi) is 4.49. The van der Waals surface area contributed by atoms with Crippen molar-refractivity contribution < 1.29 is 14.6 Å². The van der Waals surface area contributed by atoms with Crippen LogP contribution in [0, 0.1) is 0 Å². The zero-order valence-electron chi connectivity index (χ0n) is 12.3. The van der Waals surface area contributed by atoms with Crippen molar-refractivity contribution in [3.8, 4) is 5.75 Å². The summed E-state index contributed by atoms with van der Waals surface area (Å²) in [6, 6.07) is 20.5. The summed E-state index contributed by atoms with van der Waals surface area (Å²) in [6.45, 7) is 0. The van der Waals surface area contributed by atoms with Gasteiger partial charge in [0, 0.05) is 16.8 Å². The lowest BCUT2D eigenvalue weighted by Crippen LogP contribution is -2.29. The van der Waals surface area contributed by atoms with E-state index < -0.39 is 12.1 Å². The Hall–Kier alpha value is -2.52. The molecule has 0 spiro atoms. The van der Waals surface area contributed by atoms with Crippen molar-refractivity contribution in [1.82, 2.24) is 0 Å². The second-order valence-electron chi connectivity index (χ2n) is 5.25. The quantitative estimate of drug-likeness (QED) is 0.747. The fourth-order valence-corrected chi connectivity index (χ4v) is 2.59. The van der Waals surface area contributed by atoms with Crippen LogP contribution in [-0.2, 0) is 11.2 Å². The molecule has 0 aromatic heterocycles. The van der Waals surface area contributed by atoms with Crippen molar-refractivity contribution in [2.45, 2.75) is 12.5 Å². The Bertz CT molecular complexity index is 822. The maximum atomic E-state index is 11.6. The molecule has 0 aliphatic rings. The normalized spacial score (nSPS) is 12.0. The van der Waals surface area contributed by atoms with Crippen LogP contribution in [0.25, 0.3) is 10.8 Å². The molecular weight excluding hydrogens is 312 g/mol. The molecule has 0 fully saturated rings. The number of hydrogen-bond donors (Lipinski definition) is 1. The second-order valence-corrected chi connectivity index (χ2v) is 5.69. The van der Waals surface area contributed by atoms with Crippen LogP contribution < -0.4 is 4.74 Å². The summed E-state index contributed by atoms with van der Waals surface area (Å²) in [4.78, 5) is 11.6. The first kappa shape index (κ1) is 15.4. The Morgan fingerprint density at radius 3 is 2.43 bits per heavy atom. The lowest BCUT2D eigenvalue weighted by molar-refractivity contribution is -0.144. The zero-order valence-corrected chi connectivity index (χ0v) is 13.0. The molecule has 0 aliphatic heterocycles. The number of fused-ring (bicyclic) bond motifs is 1. The first-order chi connectivity index (χ1) is 11.1. The van der Waals surface area contributed by atoms with Gasteiger partial charge in [-0.1, -0.05) is 60.1 Å². The summed E-state index contributed by atoms with van der Waals surface area (Å²) in [5, 5.41) is 12.0. The summed E-state index contributed by atoms with van der Waals surface area (Å²) in [7, 11) is 0. The van der Waals surface area contributed by atoms with E-state index in [0.29, 0.717) is 10.8 Å². The average Bonchev–Trinajstić information content (AvgIpc) is 2.56. The van der Waals surface area contributed by atoms with E-state index in [-0.39, 0.29) is 6.42 Å². The SMILES string of the molecule is O=C(O)[C@H](Cc1ccc(Cl)cc1)Oc1cccc2ccccc12. The van der Waals surface area contributed by atoms with Gasteiger partial charge in [-0.3, -0.25) is 0 Å². The van der Waals surface area contributed by atoms with Crippen LogP contribution >= 0.6 is 11.6 Å². The van der Waals surface area contributed by atoms with Crippen molar-refractivity contribution in [3.63, 3.8) is 0 Å². The minimum Gasteiger partial charge on any atom is -0.478 e. The maximum absolute atomic E-state index is 11.6. The predicted molar refractivity (Wildman–Crippen MR) is 91.2 cm³/mol. The first-order valence-electron chi connectivity index (χ1n) is 7.25. The molecule has 1 N–H and O–H groups in total. The Labute approximate surface area is 139 Å². The smallest absolute Gasteiger partial charge is 0.345 e. The number of carbonyl (C=O) groups is 1. The van der Waals surface area contributed by atoms with Crippen molar-refractivity contribution in [2.24, 2.45) is 0 Å². The number of hydrogen-bond acceptors (Lipinski definition) is 2. The molecule has 4 heteroatoms. The minimum absolute atomic E-state index is 0.274. The largest absolute Gasteiger partial charge is 0.478 e. The van der Waals surface area contributed by atoms with Gasteiger partial charge in [0.05, 0.1) is 0 Å². The number of halogens is 1. The van der Waals surface area contributed by atoms with Crippen LogP contribution in [-0.4, -0.2) is 17.2 Å². The summed E-state index contributed by atoms with van der Waals surface area (Å²) in [6.07, 6.45) is -0.683. The predicted octanol–water partition coefficient (Wildman–Crippen LogP) is 4.57. The Morgan fingerprint density at radius 1 is 1.00 bits per heavy atom. The molecule has 0 amide bonds. The number of carboxylic acid groups (broad SMARTS) is 1. The third kappa shape index (κ3) is 3.63. The third-order valence-corrected chi connectivity index (χ3v) is 3.88.